The van der Waals surface area contributed by atoms with Crippen molar-refractivity contribution in [1.82, 2.24) is 9.88 Å². The molecule has 0 bridgehead atoms. The van der Waals surface area contributed by atoms with E-state index in [1.54, 1.807) is 7.11 Å². The first-order valence-corrected chi connectivity index (χ1v) is 7.09. The highest BCUT2D eigenvalue weighted by molar-refractivity contribution is 5.33. The molecule has 1 heterocycles. The van der Waals surface area contributed by atoms with E-state index in [-0.39, 0.29) is 6.61 Å². The molecule has 0 aliphatic heterocycles. The van der Waals surface area contributed by atoms with Gasteiger partial charge in [0.1, 0.15) is 5.75 Å². The van der Waals surface area contributed by atoms with Gasteiger partial charge in [0.15, 0.2) is 0 Å². The minimum absolute atomic E-state index is 0.126. The molecule has 0 aliphatic carbocycles. The van der Waals surface area contributed by atoms with Crippen molar-refractivity contribution in [3.05, 3.63) is 59.4 Å². The number of pyridine rings is 1. The molecule has 1 aromatic heterocycles. The summed E-state index contributed by atoms with van der Waals surface area (Å²) in [5.74, 6) is 0.873. The third kappa shape index (κ3) is 4.55. The Morgan fingerprint density at radius 1 is 1.14 bits per heavy atom. The molecule has 0 amide bonds. The van der Waals surface area contributed by atoms with Crippen LogP contribution in [0.25, 0.3) is 0 Å². The van der Waals surface area contributed by atoms with Gasteiger partial charge in [-0.1, -0.05) is 24.3 Å². The van der Waals surface area contributed by atoms with Gasteiger partial charge in [-0.2, -0.15) is 0 Å². The summed E-state index contributed by atoms with van der Waals surface area (Å²) in [5.41, 5.74) is 3.27. The van der Waals surface area contributed by atoms with Crippen LogP contribution in [0.5, 0.6) is 5.75 Å². The van der Waals surface area contributed by atoms with Gasteiger partial charge < -0.3 is 9.84 Å². The second kappa shape index (κ2) is 7.76. The maximum atomic E-state index is 9.27. The van der Waals surface area contributed by atoms with E-state index in [1.165, 1.54) is 0 Å². The van der Waals surface area contributed by atoms with Crippen LogP contribution in [0.4, 0.5) is 0 Å². The first-order valence-electron chi connectivity index (χ1n) is 7.09. The van der Waals surface area contributed by atoms with Crippen LogP contribution in [0.15, 0.2) is 42.6 Å². The van der Waals surface area contributed by atoms with Crippen molar-refractivity contribution < 1.29 is 9.84 Å². The van der Waals surface area contributed by atoms with Crippen molar-refractivity contribution >= 4 is 0 Å². The van der Waals surface area contributed by atoms with E-state index >= 15 is 0 Å². The number of aliphatic hydroxyl groups is 1. The summed E-state index contributed by atoms with van der Waals surface area (Å²) >= 11 is 0. The third-order valence-corrected chi connectivity index (χ3v) is 3.36. The van der Waals surface area contributed by atoms with Crippen molar-refractivity contribution in [2.75, 3.05) is 20.3 Å². The van der Waals surface area contributed by atoms with E-state index < -0.39 is 0 Å². The number of hydrogen-bond acceptors (Lipinski definition) is 4. The molecule has 0 atom stereocenters. The van der Waals surface area contributed by atoms with Crippen LogP contribution in [0.1, 0.15) is 16.8 Å². The molecule has 0 saturated heterocycles. The van der Waals surface area contributed by atoms with Crippen LogP contribution in [0.3, 0.4) is 0 Å². The van der Waals surface area contributed by atoms with Crippen LogP contribution in [0.2, 0.25) is 0 Å². The molecule has 1 aromatic carbocycles. The second-order valence-corrected chi connectivity index (χ2v) is 5.07. The minimum Gasteiger partial charge on any atom is -0.496 e. The molecular formula is C17H22N2O2. The van der Waals surface area contributed by atoms with Crippen molar-refractivity contribution in [1.29, 1.82) is 0 Å². The molecule has 0 aliphatic rings. The Morgan fingerprint density at radius 3 is 2.62 bits per heavy atom. The Labute approximate surface area is 126 Å². The molecule has 0 radical (unpaired) electrons. The summed E-state index contributed by atoms with van der Waals surface area (Å²) in [6.07, 6.45) is 1.87. The first-order chi connectivity index (χ1) is 10.2. The number of benzene rings is 1. The Morgan fingerprint density at radius 2 is 1.95 bits per heavy atom. The molecule has 21 heavy (non-hydrogen) atoms. The standard InChI is InChI=1S/C17H22N2O2/c1-14-7-8-16(18-11-14)13-19(9-10-20)12-15-5-3-4-6-17(15)21-2/h3-8,11,20H,9-10,12-13H2,1-2H3. The fraction of sp³-hybridized carbons (Fsp3) is 0.353. The van der Waals surface area contributed by atoms with E-state index in [4.69, 9.17) is 4.74 Å². The van der Waals surface area contributed by atoms with Crippen LogP contribution in [-0.4, -0.2) is 35.3 Å². The molecule has 2 rings (SSSR count). The van der Waals surface area contributed by atoms with Crippen LogP contribution in [-0.2, 0) is 13.1 Å². The molecular weight excluding hydrogens is 264 g/mol. The number of para-hydroxylation sites is 1. The van der Waals surface area contributed by atoms with Gasteiger partial charge in [-0.05, 0) is 24.6 Å². The van der Waals surface area contributed by atoms with E-state index in [2.05, 4.69) is 16.0 Å². The van der Waals surface area contributed by atoms with Gasteiger partial charge in [0, 0.05) is 31.4 Å². The minimum atomic E-state index is 0.126. The van der Waals surface area contributed by atoms with Gasteiger partial charge in [-0.15, -0.1) is 0 Å². The van der Waals surface area contributed by atoms with Crippen molar-refractivity contribution in [2.24, 2.45) is 0 Å². The summed E-state index contributed by atoms with van der Waals surface area (Å²) < 4.78 is 5.39. The first kappa shape index (κ1) is 15.5. The lowest BCUT2D eigenvalue weighted by atomic mass is 10.1. The predicted molar refractivity (Wildman–Crippen MR) is 83.2 cm³/mol. The van der Waals surface area contributed by atoms with Crippen LogP contribution >= 0.6 is 0 Å². The number of nitrogens with zero attached hydrogens (tertiary/aromatic N) is 2. The molecule has 0 fully saturated rings. The number of aryl methyl sites for hydroxylation is 1. The van der Waals surface area contributed by atoms with Gasteiger partial charge in [-0.3, -0.25) is 9.88 Å². The number of aliphatic hydroxyl groups excluding tert-OH is 1. The average molecular weight is 286 g/mol. The Bertz CT molecular complexity index is 555. The number of hydrogen-bond donors (Lipinski definition) is 1. The molecule has 4 nitrogen and oxygen atoms in total. The van der Waals surface area contributed by atoms with Gasteiger partial charge in [0.05, 0.1) is 19.4 Å². The lowest BCUT2D eigenvalue weighted by Crippen LogP contribution is -2.26. The molecule has 1 N–H and O–H groups in total. The van der Waals surface area contributed by atoms with Crippen LogP contribution in [0, 0.1) is 6.92 Å². The Hall–Kier alpha value is -1.91. The number of rotatable bonds is 7. The monoisotopic (exact) mass is 286 g/mol. The summed E-state index contributed by atoms with van der Waals surface area (Å²) in [7, 11) is 1.68. The fourth-order valence-electron chi connectivity index (χ4n) is 2.25. The predicted octanol–water partition coefficient (Wildman–Crippen LogP) is 2.39. The van der Waals surface area contributed by atoms with E-state index in [0.29, 0.717) is 13.1 Å². The molecule has 0 saturated carbocycles. The SMILES string of the molecule is COc1ccccc1CN(CCO)Cc1ccc(C)cn1. The fourth-order valence-corrected chi connectivity index (χ4v) is 2.25. The Balaban J connectivity index is 2.09. The highest BCUT2D eigenvalue weighted by Crippen LogP contribution is 2.20. The highest BCUT2D eigenvalue weighted by atomic mass is 16.5. The van der Waals surface area contributed by atoms with E-state index in [9.17, 15) is 5.11 Å². The second-order valence-electron chi connectivity index (χ2n) is 5.07. The molecule has 0 unspecified atom stereocenters. The summed E-state index contributed by atoms with van der Waals surface area (Å²) in [6.45, 7) is 4.19. The summed E-state index contributed by atoms with van der Waals surface area (Å²) in [4.78, 5) is 6.59. The summed E-state index contributed by atoms with van der Waals surface area (Å²) in [5, 5.41) is 9.27. The molecule has 112 valence electrons. The lowest BCUT2D eigenvalue weighted by Gasteiger charge is -2.22. The zero-order valence-corrected chi connectivity index (χ0v) is 12.6. The normalized spacial score (nSPS) is 10.9. The quantitative estimate of drug-likeness (QED) is 0.849. The third-order valence-electron chi connectivity index (χ3n) is 3.36. The zero-order valence-electron chi connectivity index (χ0n) is 12.6. The lowest BCUT2D eigenvalue weighted by molar-refractivity contribution is 0.181. The maximum Gasteiger partial charge on any atom is 0.123 e. The maximum absolute atomic E-state index is 9.27. The molecule has 0 spiro atoms. The number of aromatic nitrogens is 1. The van der Waals surface area contributed by atoms with Crippen molar-refractivity contribution in [3.63, 3.8) is 0 Å². The molecule has 2 aromatic rings. The van der Waals surface area contributed by atoms with Crippen molar-refractivity contribution in [3.8, 4) is 5.75 Å². The molecule has 4 heteroatoms. The Kier molecular flexibility index (Phi) is 5.72. The highest BCUT2D eigenvalue weighted by Gasteiger charge is 2.10. The summed E-state index contributed by atoms with van der Waals surface area (Å²) in [6, 6.07) is 12.0. The van der Waals surface area contributed by atoms with Crippen molar-refractivity contribution in [2.45, 2.75) is 20.0 Å². The largest absolute Gasteiger partial charge is 0.496 e. The zero-order chi connectivity index (χ0) is 15.1. The van der Waals surface area contributed by atoms with Gasteiger partial charge in [-0.25, -0.2) is 0 Å². The average Bonchev–Trinajstić information content (AvgIpc) is 2.50. The van der Waals surface area contributed by atoms with Gasteiger partial charge in [0.25, 0.3) is 0 Å². The number of ether oxygens (including phenoxy) is 1. The van der Waals surface area contributed by atoms with Crippen LogP contribution < -0.4 is 4.74 Å². The van der Waals surface area contributed by atoms with Gasteiger partial charge in [0.2, 0.25) is 0 Å². The van der Waals surface area contributed by atoms with E-state index in [1.807, 2.05) is 43.5 Å². The van der Waals surface area contributed by atoms with E-state index in [0.717, 1.165) is 29.1 Å². The topological polar surface area (TPSA) is 45.6 Å². The van der Waals surface area contributed by atoms with Gasteiger partial charge >= 0.3 is 0 Å². The smallest absolute Gasteiger partial charge is 0.123 e. The number of methoxy groups -OCH3 is 1.